The van der Waals surface area contributed by atoms with Crippen LogP contribution in [0.15, 0.2) is 57.2 Å². The van der Waals surface area contributed by atoms with Crippen LogP contribution in [-0.2, 0) is 14.8 Å². The van der Waals surface area contributed by atoms with Crippen molar-refractivity contribution in [3.63, 3.8) is 0 Å². The molecule has 0 N–H and O–H groups in total. The summed E-state index contributed by atoms with van der Waals surface area (Å²) in [6.45, 7) is 4.60. The first-order chi connectivity index (χ1) is 13.4. The number of amides is 1. The van der Waals surface area contributed by atoms with Gasteiger partial charge in [-0.15, -0.1) is 23.5 Å². The predicted molar refractivity (Wildman–Crippen MR) is 116 cm³/mol. The molecular weight excluding hydrogens is 412 g/mol. The van der Waals surface area contributed by atoms with Crippen molar-refractivity contribution in [2.24, 2.45) is 0 Å². The number of para-hydroxylation sites is 1. The number of nitrogens with zero attached hydrogens (tertiary/aromatic N) is 2. The molecule has 0 saturated heterocycles. The van der Waals surface area contributed by atoms with Crippen LogP contribution in [0.3, 0.4) is 0 Å². The predicted octanol–water partition coefficient (Wildman–Crippen LogP) is 4.22. The molecule has 0 spiro atoms. The first-order valence-corrected chi connectivity index (χ1v) is 12.5. The van der Waals surface area contributed by atoms with Crippen molar-refractivity contribution >= 4 is 50.8 Å². The minimum absolute atomic E-state index is 0.0633. The number of rotatable bonds is 2. The van der Waals surface area contributed by atoms with E-state index < -0.39 is 10.0 Å². The van der Waals surface area contributed by atoms with E-state index in [2.05, 4.69) is 0 Å². The van der Waals surface area contributed by atoms with Gasteiger partial charge in [0, 0.05) is 35.1 Å². The Hall–Kier alpha value is -1.64. The summed E-state index contributed by atoms with van der Waals surface area (Å²) in [6.07, 6.45) is 0.884. The van der Waals surface area contributed by atoms with Gasteiger partial charge in [0.2, 0.25) is 5.91 Å². The standard InChI is InChI=1S/C20H22N2O3S3/c1-14-13-22(17-6-3-4-7-20(17)27-14)28(24,25)16-8-9-19-18(12-16)21(15(2)23)10-5-11-26-19/h3-4,6-9,12,14H,5,10-11,13H2,1-2H3. The number of carbonyl (C=O) groups is 1. The summed E-state index contributed by atoms with van der Waals surface area (Å²) < 4.78 is 28.6. The molecule has 0 fully saturated rings. The van der Waals surface area contributed by atoms with Crippen molar-refractivity contribution in [2.75, 3.05) is 28.0 Å². The Labute approximate surface area is 174 Å². The van der Waals surface area contributed by atoms with E-state index in [4.69, 9.17) is 0 Å². The summed E-state index contributed by atoms with van der Waals surface area (Å²) in [7, 11) is -3.73. The number of carbonyl (C=O) groups excluding carboxylic acids is 1. The Balaban J connectivity index is 1.80. The molecule has 2 heterocycles. The third-order valence-electron chi connectivity index (χ3n) is 4.86. The van der Waals surface area contributed by atoms with Crippen LogP contribution in [-0.4, -0.2) is 38.4 Å². The summed E-state index contributed by atoms with van der Waals surface area (Å²) >= 11 is 3.36. The molecule has 0 aromatic heterocycles. The summed E-state index contributed by atoms with van der Waals surface area (Å²) in [4.78, 5) is 16.0. The van der Waals surface area contributed by atoms with Gasteiger partial charge in [-0.25, -0.2) is 8.42 Å². The second-order valence-corrected chi connectivity index (χ2v) is 11.4. The topological polar surface area (TPSA) is 57.7 Å². The third-order valence-corrected chi connectivity index (χ3v) is 8.93. The van der Waals surface area contributed by atoms with Crippen LogP contribution in [0.25, 0.3) is 0 Å². The summed E-state index contributed by atoms with van der Waals surface area (Å²) in [5.41, 5.74) is 1.42. The molecule has 8 heteroatoms. The monoisotopic (exact) mass is 434 g/mol. The van der Waals surface area contributed by atoms with Gasteiger partial charge in [0.15, 0.2) is 0 Å². The maximum atomic E-state index is 13.6. The largest absolute Gasteiger partial charge is 0.311 e. The number of hydrogen-bond donors (Lipinski definition) is 0. The molecule has 1 amide bonds. The van der Waals surface area contributed by atoms with Gasteiger partial charge >= 0.3 is 0 Å². The maximum Gasteiger partial charge on any atom is 0.264 e. The molecule has 5 nitrogen and oxygen atoms in total. The first-order valence-electron chi connectivity index (χ1n) is 9.21. The van der Waals surface area contributed by atoms with E-state index in [1.165, 1.54) is 11.2 Å². The third kappa shape index (κ3) is 3.53. The minimum atomic E-state index is -3.73. The zero-order chi connectivity index (χ0) is 19.9. The fourth-order valence-corrected chi connectivity index (χ4v) is 7.38. The molecule has 148 valence electrons. The van der Waals surface area contributed by atoms with E-state index in [0.29, 0.717) is 18.8 Å². The van der Waals surface area contributed by atoms with Crippen LogP contribution in [0.4, 0.5) is 11.4 Å². The molecule has 28 heavy (non-hydrogen) atoms. The van der Waals surface area contributed by atoms with E-state index in [9.17, 15) is 13.2 Å². The molecule has 0 radical (unpaired) electrons. The quantitative estimate of drug-likeness (QED) is 0.708. The second kappa shape index (κ2) is 7.65. The van der Waals surface area contributed by atoms with Crippen molar-refractivity contribution in [3.8, 4) is 0 Å². The number of hydrogen-bond acceptors (Lipinski definition) is 5. The minimum Gasteiger partial charge on any atom is -0.311 e. The molecule has 0 aliphatic carbocycles. The molecular formula is C20H22N2O3S3. The molecule has 1 atom stereocenters. The Kier molecular flexibility index (Phi) is 5.37. The van der Waals surface area contributed by atoms with Crippen molar-refractivity contribution in [1.82, 2.24) is 0 Å². The van der Waals surface area contributed by atoms with E-state index in [-0.39, 0.29) is 16.1 Å². The van der Waals surface area contributed by atoms with Gasteiger partial charge in [-0.1, -0.05) is 19.1 Å². The zero-order valence-corrected chi connectivity index (χ0v) is 18.2. The van der Waals surface area contributed by atoms with Crippen molar-refractivity contribution in [1.29, 1.82) is 0 Å². The summed E-state index contributed by atoms with van der Waals surface area (Å²) in [6, 6.07) is 12.8. The number of anilines is 2. The highest BCUT2D eigenvalue weighted by Gasteiger charge is 2.33. The van der Waals surface area contributed by atoms with E-state index in [1.807, 2.05) is 37.3 Å². The van der Waals surface area contributed by atoms with Crippen LogP contribution >= 0.6 is 23.5 Å². The van der Waals surface area contributed by atoms with Gasteiger partial charge in [-0.3, -0.25) is 9.10 Å². The summed E-state index contributed by atoms with van der Waals surface area (Å²) in [5.74, 6) is 0.851. The van der Waals surface area contributed by atoms with Gasteiger partial charge in [0.05, 0.1) is 16.3 Å². The van der Waals surface area contributed by atoms with Gasteiger partial charge in [-0.05, 0) is 42.5 Å². The highest BCUT2D eigenvalue weighted by molar-refractivity contribution is 8.00. The normalized spacial score (nSPS) is 19.6. The number of sulfonamides is 1. The molecule has 2 aliphatic heterocycles. The Morgan fingerprint density at radius 1 is 1.11 bits per heavy atom. The van der Waals surface area contributed by atoms with Crippen LogP contribution in [0.2, 0.25) is 0 Å². The van der Waals surface area contributed by atoms with E-state index in [1.54, 1.807) is 40.6 Å². The fourth-order valence-electron chi connectivity index (χ4n) is 3.55. The van der Waals surface area contributed by atoms with Crippen LogP contribution < -0.4 is 9.21 Å². The van der Waals surface area contributed by atoms with Crippen molar-refractivity contribution in [2.45, 2.75) is 40.2 Å². The highest BCUT2D eigenvalue weighted by Crippen LogP contribution is 2.42. The highest BCUT2D eigenvalue weighted by atomic mass is 32.2. The summed E-state index contributed by atoms with van der Waals surface area (Å²) in [5, 5.41) is 0.162. The lowest BCUT2D eigenvalue weighted by Crippen LogP contribution is -2.38. The smallest absolute Gasteiger partial charge is 0.264 e. The Bertz CT molecular complexity index is 1020. The van der Waals surface area contributed by atoms with Gasteiger partial charge < -0.3 is 4.90 Å². The second-order valence-electron chi connectivity index (χ2n) is 6.93. The van der Waals surface area contributed by atoms with Gasteiger partial charge in [-0.2, -0.15) is 0 Å². The molecule has 2 aliphatic rings. The van der Waals surface area contributed by atoms with Gasteiger partial charge in [0.1, 0.15) is 0 Å². The lowest BCUT2D eigenvalue weighted by Gasteiger charge is -2.33. The molecule has 2 aromatic carbocycles. The molecule has 0 saturated carbocycles. The average molecular weight is 435 g/mol. The Morgan fingerprint density at radius 3 is 2.68 bits per heavy atom. The lowest BCUT2D eigenvalue weighted by molar-refractivity contribution is -0.116. The lowest BCUT2D eigenvalue weighted by atomic mass is 10.2. The SMILES string of the molecule is CC(=O)N1CCCSc2ccc(S(=O)(=O)N3CC(C)Sc4ccccc43)cc21. The maximum absolute atomic E-state index is 13.6. The number of thioether (sulfide) groups is 2. The molecule has 0 bridgehead atoms. The zero-order valence-electron chi connectivity index (χ0n) is 15.8. The molecule has 2 aromatic rings. The number of fused-ring (bicyclic) bond motifs is 2. The Morgan fingerprint density at radius 2 is 1.89 bits per heavy atom. The number of benzene rings is 2. The van der Waals surface area contributed by atoms with Crippen LogP contribution in [0.5, 0.6) is 0 Å². The van der Waals surface area contributed by atoms with Crippen LogP contribution in [0.1, 0.15) is 20.3 Å². The first kappa shape index (κ1) is 19.7. The average Bonchev–Trinajstić information content (AvgIpc) is 2.89. The van der Waals surface area contributed by atoms with Crippen molar-refractivity contribution in [3.05, 3.63) is 42.5 Å². The fraction of sp³-hybridized carbons (Fsp3) is 0.350. The molecule has 1 unspecified atom stereocenters. The molecule has 4 rings (SSSR count). The van der Waals surface area contributed by atoms with Crippen LogP contribution in [0, 0.1) is 0 Å². The van der Waals surface area contributed by atoms with E-state index in [0.717, 1.165) is 27.7 Å². The van der Waals surface area contributed by atoms with E-state index >= 15 is 0 Å². The van der Waals surface area contributed by atoms with Gasteiger partial charge in [0.25, 0.3) is 10.0 Å². The van der Waals surface area contributed by atoms with Crippen molar-refractivity contribution < 1.29 is 13.2 Å².